The summed E-state index contributed by atoms with van der Waals surface area (Å²) in [6.45, 7) is 5.39. The van der Waals surface area contributed by atoms with Crippen LogP contribution in [0, 0.1) is 5.92 Å². The van der Waals surface area contributed by atoms with Crippen molar-refractivity contribution in [3.8, 4) is 5.75 Å². The Hall–Kier alpha value is -1.59. The monoisotopic (exact) mass is 306 g/mol. The average Bonchev–Trinajstić information content (AvgIpc) is 2.54. The number of amides is 1. The van der Waals surface area contributed by atoms with E-state index in [1.165, 1.54) is 0 Å². The van der Waals surface area contributed by atoms with Crippen LogP contribution in [0.4, 0.5) is 0 Å². The number of carbonyl (C=O) groups is 1. The van der Waals surface area contributed by atoms with Gasteiger partial charge >= 0.3 is 0 Å². The van der Waals surface area contributed by atoms with Crippen LogP contribution in [0.1, 0.15) is 30.1 Å². The standard InChI is InChI=1S/C17H26N2O3/c1-13-12-18-9-8-16(13)19-17(20)14-4-6-15(7-5-14)22-11-3-10-21-2/h4-7,13,16,18H,3,8-12H2,1-2H3,(H,19,20). The normalized spacial score (nSPS) is 21.4. The molecule has 2 N–H and O–H groups in total. The van der Waals surface area contributed by atoms with Crippen molar-refractivity contribution < 1.29 is 14.3 Å². The van der Waals surface area contributed by atoms with E-state index in [9.17, 15) is 4.79 Å². The maximum Gasteiger partial charge on any atom is 0.251 e. The number of hydrogen-bond donors (Lipinski definition) is 2. The zero-order valence-corrected chi connectivity index (χ0v) is 13.4. The number of methoxy groups -OCH3 is 1. The number of hydrogen-bond acceptors (Lipinski definition) is 4. The third-order valence-corrected chi connectivity index (χ3v) is 3.98. The lowest BCUT2D eigenvalue weighted by Crippen LogP contribution is -2.48. The highest BCUT2D eigenvalue weighted by Gasteiger charge is 2.22. The van der Waals surface area contributed by atoms with E-state index >= 15 is 0 Å². The van der Waals surface area contributed by atoms with Crippen molar-refractivity contribution in [1.29, 1.82) is 0 Å². The molecule has 1 saturated heterocycles. The van der Waals surface area contributed by atoms with Crippen LogP contribution in [-0.4, -0.2) is 45.4 Å². The van der Waals surface area contributed by atoms with Crippen LogP contribution in [0.5, 0.6) is 5.75 Å². The first-order valence-corrected chi connectivity index (χ1v) is 7.94. The molecule has 1 aliphatic heterocycles. The summed E-state index contributed by atoms with van der Waals surface area (Å²) in [7, 11) is 1.68. The van der Waals surface area contributed by atoms with Crippen LogP contribution < -0.4 is 15.4 Å². The first-order valence-electron chi connectivity index (χ1n) is 7.94. The lowest BCUT2D eigenvalue weighted by Gasteiger charge is -2.30. The first kappa shape index (κ1) is 16.8. The van der Waals surface area contributed by atoms with Gasteiger partial charge in [0, 0.05) is 31.7 Å². The van der Waals surface area contributed by atoms with E-state index in [1.54, 1.807) is 7.11 Å². The number of benzene rings is 1. The minimum Gasteiger partial charge on any atom is -0.494 e. The molecule has 1 aliphatic rings. The number of rotatable bonds is 7. The van der Waals surface area contributed by atoms with Crippen LogP contribution in [0.15, 0.2) is 24.3 Å². The summed E-state index contributed by atoms with van der Waals surface area (Å²) in [5.41, 5.74) is 0.676. The van der Waals surface area contributed by atoms with E-state index < -0.39 is 0 Å². The topological polar surface area (TPSA) is 59.6 Å². The quantitative estimate of drug-likeness (QED) is 0.755. The van der Waals surface area contributed by atoms with Crippen LogP contribution in [0.2, 0.25) is 0 Å². The molecule has 1 fully saturated rings. The van der Waals surface area contributed by atoms with Crippen molar-refractivity contribution in [2.45, 2.75) is 25.8 Å². The predicted octanol–water partition coefficient (Wildman–Crippen LogP) is 1.83. The molecule has 0 aliphatic carbocycles. The van der Waals surface area contributed by atoms with Crippen molar-refractivity contribution in [1.82, 2.24) is 10.6 Å². The Bertz CT molecular complexity index is 461. The molecule has 1 amide bonds. The molecule has 0 spiro atoms. The fraction of sp³-hybridized carbons (Fsp3) is 0.588. The average molecular weight is 306 g/mol. The molecule has 5 heteroatoms. The number of nitrogens with one attached hydrogen (secondary N) is 2. The number of carbonyl (C=O) groups excluding carboxylic acids is 1. The van der Waals surface area contributed by atoms with Gasteiger partial charge in [-0.15, -0.1) is 0 Å². The Morgan fingerprint density at radius 1 is 1.32 bits per heavy atom. The summed E-state index contributed by atoms with van der Waals surface area (Å²) >= 11 is 0. The lowest BCUT2D eigenvalue weighted by atomic mass is 9.95. The van der Waals surface area contributed by atoms with E-state index in [0.717, 1.165) is 31.7 Å². The lowest BCUT2D eigenvalue weighted by molar-refractivity contribution is 0.0914. The fourth-order valence-electron chi connectivity index (χ4n) is 2.58. The van der Waals surface area contributed by atoms with Gasteiger partial charge in [0.05, 0.1) is 6.61 Å². The molecule has 0 saturated carbocycles. The summed E-state index contributed by atoms with van der Waals surface area (Å²) in [4.78, 5) is 12.3. The zero-order chi connectivity index (χ0) is 15.8. The van der Waals surface area contributed by atoms with Gasteiger partial charge in [0.15, 0.2) is 0 Å². The number of piperidine rings is 1. The highest BCUT2D eigenvalue weighted by molar-refractivity contribution is 5.94. The van der Waals surface area contributed by atoms with Gasteiger partial charge in [-0.25, -0.2) is 0 Å². The highest BCUT2D eigenvalue weighted by atomic mass is 16.5. The van der Waals surface area contributed by atoms with Crippen molar-refractivity contribution in [2.24, 2.45) is 5.92 Å². The SMILES string of the molecule is COCCCOc1ccc(C(=O)NC2CCNCC2C)cc1. The van der Waals surface area contributed by atoms with Gasteiger partial charge in [0.25, 0.3) is 5.91 Å². The molecule has 1 heterocycles. The van der Waals surface area contributed by atoms with Gasteiger partial charge in [0.1, 0.15) is 5.75 Å². The Morgan fingerprint density at radius 3 is 2.77 bits per heavy atom. The fourth-order valence-corrected chi connectivity index (χ4v) is 2.58. The van der Waals surface area contributed by atoms with Crippen molar-refractivity contribution in [2.75, 3.05) is 33.4 Å². The summed E-state index contributed by atoms with van der Waals surface area (Å²) < 4.78 is 10.6. The second kappa shape index (κ2) is 8.76. The Labute approximate surface area is 132 Å². The maximum atomic E-state index is 12.3. The molecule has 0 radical (unpaired) electrons. The largest absolute Gasteiger partial charge is 0.494 e. The van der Waals surface area contributed by atoms with Crippen LogP contribution in [-0.2, 0) is 4.74 Å². The van der Waals surface area contributed by atoms with Crippen LogP contribution in [0.25, 0.3) is 0 Å². The predicted molar refractivity (Wildman–Crippen MR) is 86.3 cm³/mol. The minimum atomic E-state index is -0.00955. The smallest absolute Gasteiger partial charge is 0.251 e. The summed E-state index contributed by atoms with van der Waals surface area (Å²) in [6, 6.07) is 7.55. The molecular weight excluding hydrogens is 280 g/mol. The second-order valence-electron chi connectivity index (χ2n) is 5.77. The Kier molecular flexibility index (Phi) is 6.68. The van der Waals surface area contributed by atoms with Gasteiger partial charge in [-0.1, -0.05) is 6.92 Å². The highest BCUT2D eigenvalue weighted by Crippen LogP contribution is 2.15. The third-order valence-electron chi connectivity index (χ3n) is 3.98. The van der Waals surface area contributed by atoms with Crippen molar-refractivity contribution in [3.05, 3.63) is 29.8 Å². The third kappa shape index (κ3) is 5.00. The van der Waals surface area contributed by atoms with Gasteiger partial charge in [-0.05, 0) is 49.7 Å². The first-order chi connectivity index (χ1) is 10.7. The molecule has 1 aromatic rings. The van der Waals surface area contributed by atoms with Gasteiger partial charge in [-0.2, -0.15) is 0 Å². The van der Waals surface area contributed by atoms with Gasteiger partial charge in [0.2, 0.25) is 0 Å². The van der Waals surface area contributed by atoms with Crippen molar-refractivity contribution >= 4 is 5.91 Å². The van der Waals surface area contributed by atoms with E-state index in [0.29, 0.717) is 24.7 Å². The number of ether oxygens (including phenoxy) is 2. The minimum absolute atomic E-state index is 0.00955. The molecule has 2 atom stereocenters. The van der Waals surface area contributed by atoms with E-state index in [1.807, 2.05) is 24.3 Å². The second-order valence-corrected chi connectivity index (χ2v) is 5.77. The molecule has 2 unspecified atom stereocenters. The Morgan fingerprint density at radius 2 is 2.09 bits per heavy atom. The molecule has 2 rings (SSSR count). The van der Waals surface area contributed by atoms with Crippen LogP contribution >= 0.6 is 0 Å². The van der Waals surface area contributed by atoms with E-state index in [-0.39, 0.29) is 11.9 Å². The van der Waals surface area contributed by atoms with E-state index in [4.69, 9.17) is 9.47 Å². The summed E-state index contributed by atoms with van der Waals surface area (Å²) in [5, 5.41) is 6.46. The van der Waals surface area contributed by atoms with E-state index in [2.05, 4.69) is 17.6 Å². The van der Waals surface area contributed by atoms with Crippen molar-refractivity contribution in [3.63, 3.8) is 0 Å². The molecule has 122 valence electrons. The molecule has 0 bridgehead atoms. The molecular formula is C17H26N2O3. The Balaban J connectivity index is 1.82. The molecule has 22 heavy (non-hydrogen) atoms. The zero-order valence-electron chi connectivity index (χ0n) is 13.4. The van der Waals surface area contributed by atoms with Crippen LogP contribution in [0.3, 0.4) is 0 Å². The summed E-state index contributed by atoms with van der Waals surface area (Å²) in [5.74, 6) is 1.23. The molecule has 1 aromatic carbocycles. The van der Waals surface area contributed by atoms with Gasteiger partial charge < -0.3 is 20.1 Å². The molecule has 5 nitrogen and oxygen atoms in total. The summed E-state index contributed by atoms with van der Waals surface area (Å²) in [6.07, 6.45) is 1.83. The molecule has 0 aromatic heterocycles. The maximum absolute atomic E-state index is 12.3. The van der Waals surface area contributed by atoms with Gasteiger partial charge in [-0.3, -0.25) is 4.79 Å².